The molecule has 0 radical (unpaired) electrons. The largest absolute Gasteiger partial charge is 0.339 e. The minimum Gasteiger partial charge on any atom is -0.339 e. The second kappa shape index (κ2) is 5.60. The number of nitrogens with one attached hydrogen (secondary N) is 1. The van der Waals surface area contributed by atoms with Crippen molar-refractivity contribution in [1.82, 2.24) is 14.5 Å². The molecule has 1 heterocycles. The summed E-state index contributed by atoms with van der Waals surface area (Å²) in [6.45, 7) is 4.44. The van der Waals surface area contributed by atoms with Crippen LogP contribution in [-0.2, 0) is 14.8 Å². The van der Waals surface area contributed by atoms with Crippen molar-refractivity contribution >= 4 is 15.9 Å². The Kier molecular flexibility index (Phi) is 4.69. The van der Waals surface area contributed by atoms with E-state index < -0.39 is 10.0 Å². The minimum absolute atomic E-state index is 0.00299. The first-order valence-electron chi connectivity index (χ1n) is 5.38. The summed E-state index contributed by atoms with van der Waals surface area (Å²) >= 11 is 0. The number of hydrogen-bond acceptors (Lipinski definition) is 4. The molecule has 1 aliphatic rings. The fourth-order valence-corrected chi connectivity index (χ4v) is 1.99. The Balaban J connectivity index is 2.36. The average Bonchev–Trinajstić information content (AvgIpc) is 2.27. The highest BCUT2D eigenvalue weighted by molar-refractivity contribution is 7.89. The SMILES string of the molecule is CCS(=O)(=O)NCC(=O)N1CCN(C)CC1. The van der Waals surface area contributed by atoms with Crippen molar-refractivity contribution in [2.24, 2.45) is 0 Å². The third kappa shape index (κ3) is 4.07. The van der Waals surface area contributed by atoms with Gasteiger partial charge in [-0.3, -0.25) is 4.79 Å². The van der Waals surface area contributed by atoms with Crippen LogP contribution in [0.4, 0.5) is 0 Å². The summed E-state index contributed by atoms with van der Waals surface area (Å²) in [4.78, 5) is 15.5. The predicted molar refractivity (Wildman–Crippen MR) is 61.5 cm³/mol. The van der Waals surface area contributed by atoms with Gasteiger partial charge in [0.15, 0.2) is 0 Å². The molecule has 0 aromatic heterocycles. The summed E-state index contributed by atoms with van der Waals surface area (Å²) in [5.41, 5.74) is 0. The zero-order chi connectivity index (χ0) is 12.2. The van der Waals surface area contributed by atoms with E-state index in [0.717, 1.165) is 13.1 Å². The summed E-state index contributed by atoms with van der Waals surface area (Å²) in [7, 11) is -1.27. The number of rotatable bonds is 4. The van der Waals surface area contributed by atoms with Crippen molar-refractivity contribution in [2.75, 3.05) is 45.5 Å². The molecule has 1 amide bonds. The Morgan fingerprint density at radius 2 is 1.81 bits per heavy atom. The Hall–Kier alpha value is -0.660. The van der Waals surface area contributed by atoms with E-state index in [-0.39, 0.29) is 18.2 Å². The quantitative estimate of drug-likeness (QED) is 0.672. The second-order valence-corrected chi connectivity index (χ2v) is 6.00. The Labute approximate surface area is 96.6 Å². The van der Waals surface area contributed by atoms with Crippen LogP contribution < -0.4 is 4.72 Å². The fourth-order valence-electron chi connectivity index (χ4n) is 1.44. The molecule has 0 atom stereocenters. The van der Waals surface area contributed by atoms with Gasteiger partial charge in [-0.25, -0.2) is 13.1 Å². The Morgan fingerprint density at radius 3 is 2.31 bits per heavy atom. The lowest BCUT2D eigenvalue weighted by Crippen LogP contribution is -2.50. The van der Waals surface area contributed by atoms with E-state index in [2.05, 4.69) is 9.62 Å². The molecule has 1 N–H and O–H groups in total. The monoisotopic (exact) mass is 249 g/mol. The summed E-state index contributed by atoms with van der Waals surface area (Å²) in [6.07, 6.45) is 0. The first-order chi connectivity index (χ1) is 7.44. The standard InChI is InChI=1S/C9H19N3O3S/c1-3-16(14,15)10-8-9(13)12-6-4-11(2)5-7-12/h10H,3-8H2,1-2H3. The lowest BCUT2D eigenvalue weighted by atomic mass is 10.3. The van der Waals surface area contributed by atoms with Crippen molar-refractivity contribution in [3.05, 3.63) is 0 Å². The molecule has 6 nitrogen and oxygen atoms in total. The maximum Gasteiger partial charge on any atom is 0.237 e. The molecule has 1 fully saturated rings. The third-order valence-corrected chi connectivity index (χ3v) is 4.02. The molecule has 0 unspecified atom stereocenters. The average molecular weight is 249 g/mol. The summed E-state index contributed by atoms with van der Waals surface area (Å²) in [5, 5.41) is 0. The van der Waals surface area contributed by atoms with Crippen LogP contribution in [0.2, 0.25) is 0 Å². The van der Waals surface area contributed by atoms with Crippen LogP contribution in [0.5, 0.6) is 0 Å². The van der Waals surface area contributed by atoms with Crippen LogP contribution in [-0.4, -0.2) is 69.6 Å². The molecule has 0 aromatic carbocycles. The molecule has 0 spiro atoms. The zero-order valence-electron chi connectivity index (χ0n) is 9.77. The number of likely N-dealkylation sites (N-methyl/N-ethyl adjacent to an activating group) is 1. The zero-order valence-corrected chi connectivity index (χ0v) is 10.6. The van der Waals surface area contributed by atoms with Crippen molar-refractivity contribution in [1.29, 1.82) is 0 Å². The van der Waals surface area contributed by atoms with Crippen LogP contribution in [0, 0.1) is 0 Å². The second-order valence-electron chi connectivity index (χ2n) is 3.91. The number of carbonyl (C=O) groups is 1. The van der Waals surface area contributed by atoms with E-state index in [9.17, 15) is 13.2 Å². The van der Waals surface area contributed by atoms with E-state index in [1.807, 2.05) is 7.05 Å². The van der Waals surface area contributed by atoms with Gasteiger partial charge in [0.2, 0.25) is 15.9 Å². The first-order valence-corrected chi connectivity index (χ1v) is 7.03. The van der Waals surface area contributed by atoms with Crippen LogP contribution in [0.15, 0.2) is 0 Å². The van der Waals surface area contributed by atoms with Gasteiger partial charge in [-0.1, -0.05) is 0 Å². The van der Waals surface area contributed by atoms with Crippen molar-refractivity contribution < 1.29 is 13.2 Å². The molecule has 1 saturated heterocycles. The molecule has 7 heteroatoms. The molecule has 0 aromatic rings. The van der Waals surface area contributed by atoms with E-state index in [0.29, 0.717) is 13.1 Å². The summed E-state index contributed by atoms with van der Waals surface area (Å²) in [5.74, 6) is -0.145. The Morgan fingerprint density at radius 1 is 1.25 bits per heavy atom. The predicted octanol–water partition coefficient (Wildman–Crippen LogP) is -1.30. The molecule has 0 bridgehead atoms. The smallest absolute Gasteiger partial charge is 0.237 e. The number of hydrogen-bond donors (Lipinski definition) is 1. The lowest BCUT2D eigenvalue weighted by molar-refractivity contribution is -0.131. The van der Waals surface area contributed by atoms with E-state index in [1.165, 1.54) is 0 Å². The van der Waals surface area contributed by atoms with Gasteiger partial charge < -0.3 is 9.80 Å². The number of nitrogens with zero attached hydrogens (tertiary/aromatic N) is 2. The number of carbonyl (C=O) groups excluding carboxylic acids is 1. The lowest BCUT2D eigenvalue weighted by Gasteiger charge is -2.32. The molecule has 0 saturated carbocycles. The van der Waals surface area contributed by atoms with Crippen LogP contribution in [0.25, 0.3) is 0 Å². The first kappa shape index (κ1) is 13.4. The fraction of sp³-hybridized carbons (Fsp3) is 0.889. The van der Waals surface area contributed by atoms with Gasteiger partial charge in [-0.15, -0.1) is 0 Å². The van der Waals surface area contributed by atoms with Crippen molar-refractivity contribution in [2.45, 2.75) is 6.92 Å². The molecular weight excluding hydrogens is 230 g/mol. The van der Waals surface area contributed by atoms with Crippen molar-refractivity contribution in [3.8, 4) is 0 Å². The molecule has 0 aliphatic carbocycles. The molecule has 1 aliphatic heterocycles. The number of amides is 1. The van der Waals surface area contributed by atoms with Gasteiger partial charge in [-0.2, -0.15) is 0 Å². The van der Waals surface area contributed by atoms with Crippen LogP contribution in [0.1, 0.15) is 6.92 Å². The highest BCUT2D eigenvalue weighted by Crippen LogP contribution is 1.99. The van der Waals surface area contributed by atoms with E-state index in [1.54, 1.807) is 11.8 Å². The van der Waals surface area contributed by atoms with Crippen LogP contribution >= 0.6 is 0 Å². The maximum atomic E-state index is 11.6. The number of sulfonamides is 1. The minimum atomic E-state index is -3.27. The topological polar surface area (TPSA) is 69.7 Å². The normalized spacial score (nSPS) is 18.8. The Bertz CT molecular complexity index is 334. The van der Waals surface area contributed by atoms with E-state index >= 15 is 0 Å². The molecule has 16 heavy (non-hydrogen) atoms. The molecule has 1 rings (SSSR count). The third-order valence-electron chi connectivity index (χ3n) is 2.68. The van der Waals surface area contributed by atoms with Crippen molar-refractivity contribution in [3.63, 3.8) is 0 Å². The van der Waals surface area contributed by atoms with Gasteiger partial charge >= 0.3 is 0 Å². The van der Waals surface area contributed by atoms with Gasteiger partial charge in [0, 0.05) is 26.2 Å². The summed E-state index contributed by atoms with van der Waals surface area (Å²) in [6, 6.07) is 0. The van der Waals surface area contributed by atoms with Gasteiger partial charge in [0.05, 0.1) is 12.3 Å². The number of piperazine rings is 1. The highest BCUT2D eigenvalue weighted by atomic mass is 32.2. The van der Waals surface area contributed by atoms with Gasteiger partial charge in [0.1, 0.15) is 0 Å². The highest BCUT2D eigenvalue weighted by Gasteiger charge is 2.19. The molecular formula is C9H19N3O3S. The van der Waals surface area contributed by atoms with Gasteiger partial charge in [0.25, 0.3) is 0 Å². The van der Waals surface area contributed by atoms with Gasteiger partial charge in [-0.05, 0) is 14.0 Å². The van der Waals surface area contributed by atoms with Crippen LogP contribution in [0.3, 0.4) is 0 Å². The maximum absolute atomic E-state index is 11.6. The summed E-state index contributed by atoms with van der Waals surface area (Å²) < 4.78 is 24.6. The van der Waals surface area contributed by atoms with E-state index in [4.69, 9.17) is 0 Å². The molecule has 94 valence electrons.